The van der Waals surface area contributed by atoms with Gasteiger partial charge in [0, 0.05) is 37.7 Å². The summed E-state index contributed by atoms with van der Waals surface area (Å²) in [6, 6.07) is 4.29. The lowest BCUT2D eigenvalue weighted by atomic mass is 9.96. The van der Waals surface area contributed by atoms with Crippen LogP contribution in [0, 0.1) is 6.92 Å². The molecule has 25 heavy (non-hydrogen) atoms. The van der Waals surface area contributed by atoms with Crippen molar-refractivity contribution < 1.29 is 9.84 Å². The minimum Gasteiger partial charge on any atom is -0.394 e. The van der Waals surface area contributed by atoms with E-state index in [0.29, 0.717) is 32.3 Å². The predicted molar refractivity (Wildman–Crippen MR) is 95.7 cm³/mol. The van der Waals surface area contributed by atoms with Crippen LogP contribution in [0.15, 0.2) is 30.7 Å². The van der Waals surface area contributed by atoms with Gasteiger partial charge in [-0.1, -0.05) is 0 Å². The maximum absolute atomic E-state index is 9.93. The molecule has 0 amide bonds. The highest BCUT2D eigenvalue weighted by Crippen LogP contribution is 2.21. The molecule has 1 aliphatic heterocycles. The Morgan fingerprint density at radius 2 is 2.32 bits per heavy atom. The third-order valence-electron chi connectivity index (χ3n) is 5.05. The Bertz CT molecular complexity index is 691. The van der Waals surface area contributed by atoms with E-state index < -0.39 is 0 Å². The van der Waals surface area contributed by atoms with Gasteiger partial charge < -0.3 is 15.2 Å². The normalized spacial score (nSPS) is 24.6. The summed E-state index contributed by atoms with van der Waals surface area (Å²) in [5, 5.41) is 17.6. The number of aliphatic hydroxyl groups is 1. The molecule has 0 spiro atoms. The molecule has 1 aliphatic rings. The second-order valence-electron chi connectivity index (χ2n) is 6.90. The van der Waals surface area contributed by atoms with Crippen molar-refractivity contribution in [1.82, 2.24) is 25.0 Å². The number of pyridine rings is 1. The van der Waals surface area contributed by atoms with Gasteiger partial charge in [-0.15, -0.1) is 0 Å². The number of aromatic nitrogens is 3. The molecule has 1 saturated heterocycles. The third kappa shape index (κ3) is 3.74. The zero-order valence-corrected chi connectivity index (χ0v) is 15.1. The van der Waals surface area contributed by atoms with Crippen molar-refractivity contribution in [3.05, 3.63) is 41.9 Å². The monoisotopic (exact) mass is 345 g/mol. The van der Waals surface area contributed by atoms with Gasteiger partial charge in [0.2, 0.25) is 0 Å². The Hall–Kier alpha value is -1.80. The number of aryl methyl sites for hydroxylation is 1. The summed E-state index contributed by atoms with van der Waals surface area (Å²) in [5.41, 5.74) is 1.80. The molecule has 0 unspecified atom stereocenters. The second kappa shape index (κ2) is 7.61. The standard InChI is InChI=1S/C18H27N5O2/c1-14-7-16(9-20-17(14)23-6-4-5-21-23)8-19-11-18(12-24)13-25-10-15(2)22(18)3/h4-7,9,15,19,24H,8,10-13H2,1-3H3/t15-,18+/m1/s1. The van der Waals surface area contributed by atoms with Crippen LogP contribution in [0.1, 0.15) is 18.1 Å². The molecule has 3 heterocycles. The fourth-order valence-electron chi connectivity index (χ4n) is 3.29. The Morgan fingerprint density at radius 3 is 3.00 bits per heavy atom. The van der Waals surface area contributed by atoms with Gasteiger partial charge in [0.15, 0.2) is 5.82 Å². The van der Waals surface area contributed by atoms with Gasteiger partial charge in [0.05, 0.1) is 25.4 Å². The van der Waals surface area contributed by atoms with Crippen LogP contribution in [-0.2, 0) is 11.3 Å². The van der Waals surface area contributed by atoms with E-state index in [9.17, 15) is 5.11 Å². The first-order valence-corrected chi connectivity index (χ1v) is 8.63. The average Bonchev–Trinajstić information content (AvgIpc) is 3.13. The molecule has 7 nitrogen and oxygen atoms in total. The minimum atomic E-state index is -0.380. The topological polar surface area (TPSA) is 75.4 Å². The van der Waals surface area contributed by atoms with Crippen molar-refractivity contribution in [3.8, 4) is 5.82 Å². The lowest BCUT2D eigenvalue weighted by molar-refractivity contribution is -0.106. The number of morpholine rings is 1. The van der Waals surface area contributed by atoms with E-state index >= 15 is 0 Å². The fraction of sp³-hybridized carbons (Fsp3) is 0.556. The van der Waals surface area contributed by atoms with Gasteiger partial charge >= 0.3 is 0 Å². The summed E-state index contributed by atoms with van der Waals surface area (Å²) < 4.78 is 7.44. The van der Waals surface area contributed by atoms with Crippen molar-refractivity contribution in [2.75, 3.05) is 33.4 Å². The van der Waals surface area contributed by atoms with E-state index in [2.05, 4.69) is 40.3 Å². The maximum atomic E-state index is 9.93. The molecule has 2 aromatic rings. The van der Waals surface area contributed by atoms with Gasteiger partial charge in [-0.2, -0.15) is 5.10 Å². The molecule has 0 saturated carbocycles. The van der Waals surface area contributed by atoms with Crippen LogP contribution in [0.25, 0.3) is 5.82 Å². The highest BCUT2D eigenvalue weighted by atomic mass is 16.5. The summed E-state index contributed by atoms with van der Waals surface area (Å²) in [7, 11) is 2.05. The van der Waals surface area contributed by atoms with Crippen LogP contribution in [0.4, 0.5) is 0 Å². The fourth-order valence-corrected chi connectivity index (χ4v) is 3.29. The molecule has 3 rings (SSSR count). The quantitative estimate of drug-likeness (QED) is 0.805. The van der Waals surface area contributed by atoms with E-state index in [1.807, 2.05) is 25.4 Å². The summed E-state index contributed by atoms with van der Waals surface area (Å²) >= 11 is 0. The Balaban J connectivity index is 1.63. The molecule has 2 aromatic heterocycles. The molecule has 7 heteroatoms. The number of ether oxygens (including phenoxy) is 1. The average molecular weight is 345 g/mol. The zero-order chi connectivity index (χ0) is 17.9. The van der Waals surface area contributed by atoms with E-state index in [1.54, 1.807) is 10.9 Å². The summed E-state index contributed by atoms with van der Waals surface area (Å²) in [5.74, 6) is 0.842. The first-order chi connectivity index (χ1) is 12.1. The summed E-state index contributed by atoms with van der Waals surface area (Å²) in [4.78, 5) is 6.74. The molecule has 0 aliphatic carbocycles. The SMILES string of the molecule is Cc1cc(CNC[C@]2(CO)COC[C@@H](C)N2C)cnc1-n1cccn1. The highest BCUT2D eigenvalue weighted by molar-refractivity contribution is 5.34. The summed E-state index contributed by atoms with van der Waals surface area (Å²) in [6.07, 6.45) is 5.50. The minimum absolute atomic E-state index is 0.0658. The van der Waals surface area contributed by atoms with Crippen LogP contribution in [0.2, 0.25) is 0 Å². The molecule has 2 atom stereocenters. The third-order valence-corrected chi connectivity index (χ3v) is 5.05. The van der Waals surface area contributed by atoms with Crippen molar-refractivity contribution in [2.45, 2.75) is 32.0 Å². The molecule has 1 fully saturated rings. The van der Waals surface area contributed by atoms with Gasteiger partial charge in [0.1, 0.15) is 0 Å². The number of aliphatic hydroxyl groups excluding tert-OH is 1. The molecule has 2 N–H and O–H groups in total. The summed E-state index contributed by atoms with van der Waals surface area (Å²) in [6.45, 7) is 6.80. The number of rotatable bonds is 6. The van der Waals surface area contributed by atoms with Gasteiger partial charge in [-0.3, -0.25) is 4.90 Å². The van der Waals surface area contributed by atoms with Crippen molar-refractivity contribution in [2.24, 2.45) is 0 Å². The Morgan fingerprint density at radius 1 is 1.48 bits per heavy atom. The van der Waals surface area contributed by atoms with E-state index in [1.165, 1.54) is 0 Å². The van der Waals surface area contributed by atoms with Crippen LogP contribution in [-0.4, -0.2) is 69.8 Å². The number of nitrogens with zero attached hydrogens (tertiary/aromatic N) is 4. The lowest BCUT2D eigenvalue weighted by Gasteiger charge is -2.47. The molecule has 136 valence electrons. The zero-order valence-electron chi connectivity index (χ0n) is 15.1. The van der Waals surface area contributed by atoms with Crippen molar-refractivity contribution in [1.29, 1.82) is 0 Å². The number of nitrogens with one attached hydrogen (secondary N) is 1. The number of hydrogen-bond donors (Lipinski definition) is 2. The van der Waals surface area contributed by atoms with Crippen molar-refractivity contribution in [3.63, 3.8) is 0 Å². The Kier molecular flexibility index (Phi) is 5.48. The van der Waals surface area contributed by atoms with Crippen LogP contribution in [0.5, 0.6) is 0 Å². The van der Waals surface area contributed by atoms with Gasteiger partial charge in [0.25, 0.3) is 0 Å². The van der Waals surface area contributed by atoms with Gasteiger partial charge in [-0.25, -0.2) is 9.67 Å². The molecular weight excluding hydrogens is 318 g/mol. The van der Waals surface area contributed by atoms with E-state index in [-0.39, 0.29) is 12.1 Å². The molecule has 0 bridgehead atoms. The first kappa shape index (κ1) is 18.0. The van der Waals surface area contributed by atoms with Crippen LogP contribution < -0.4 is 5.32 Å². The molecule has 0 aromatic carbocycles. The van der Waals surface area contributed by atoms with Crippen LogP contribution >= 0.6 is 0 Å². The maximum Gasteiger partial charge on any atom is 0.156 e. The molecule has 0 radical (unpaired) electrons. The van der Waals surface area contributed by atoms with Gasteiger partial charge in [-0.05, 0) is 44.2 Å². The smallest absolute Gasteiger partial charge is 0.156 e. The predicted octanol–water partition coefficient (Wildman–Crippen LogP) is 0.747. The van der Waals surface area contributed by atoms with Crippen LogP contribution in [0.3, 0.4) is 0 Å². The molecular formula is C18H27N5O2. The van der Waals surface area contributed by atoms with E-state index in [0.717, 1.165) is 16.9 Å². The van der Waals surface area contributed by atoms with Crippen molar-refractivity contribution >= 4 is 0 Å². The number of hydrogen-bond acceptors (Lipinski definition) is 6. The highest BCUT2D eigenvalue weighted by Gasteiger charge is 2.39. The number of likely N-dealkylation sites (N-methyl/N-ethyl adjacent to an activating group) is 1. The van der Waals surface area contributed by atoms with E-state index in [4.69, 9.17) is 4.74 Å². The second-order valence-corrected chi connectivity index (χ2v) is 6.90. The first-order valence-electron chi connectivity index (χ1n) is 8.63. The Labute approximate surface area is 148 Å². The lowest BCUT2D eigenvalue weighted by Crippen LogP contribution is -2.65. The largest absolute Gasteiger partial charge is 0.394 e.